The van der Waals surface area contributed by atoms with E-state index in [2.05, 4.69) is 39.8 Å². The predicted molar refractivity (Wildman–Crippen MR) is 138 cm³/mol. The van der Waals surface area contributed by atoms with Crippen molar-refractivity contribution in [3.05, 3.63) is 23.8 Å². The highest BCUT2D eigenvalue weighted by molar-refractivity contribution is 5.85. The lowest BCUT2D eigenvalue weighted by molar-refractivity contribution is 0.111. The zero-order chi connectivity index (χ0) is 21.1. The summed E-state index contributed by atoms with van der Waals surface area (Å²) in [5, 5.41) is 0. The van der Waals surface area contributed by atoms with Crippen LogP contribution in [0.4, 0.5) is 11.4 Å². The van der Waals surface area contributed by atoms with Crippen molar-refractivity contribution in [3.63, 3.8) is 0 Å². The van der Waals surface area contributed by atoms with Gasteiger partial charge in [-0.3, -0.25) is 4.90 Å². The van der Waals surface area contributed by atoms with E-state index in [1.165, 1.54) is 76.6 Å². The van der Waals surface area contributed by atoms with Crippen LogP contribution in [0.3, 0.4) is 0 Å². The maximum atomic E-state index is 5.58. The first-order valence-electron chi connectivity index (χ1n) is 13.2. The molecule has 2 heterocycles. The Morgan fingerprint density at radius 1 is 0.875 bits per heavy atom. The molecule has 5 rings (SSSR count). The molecule has 4 fully saturated rings. The van der Waals surface area contributed by atoms with E-state index in [1.54, 1.807) is 11.3 Å². The van der Waals surface area contributed by atoms with Crippen LogP contribution in [-0.4, -0.2) is 63.9 Å². The molecule has 0 N–H and O–H groups in total. The summed E-state index contributed by atoms with van der Waals surface area (Å²) in [5.74, 6) is 0.766. The minimum atomic E-state index is 0. The van der Waals surface area contributed by atoms with E-state index in [0.717, 1.165) is 57.3 Å². The van der Waals surface area contributed by atoms with Gasteiger partial charge in [0.15, 0.2) is 0 Å². The fourth-order valence-electron chi connectivity index (χ4n) is 6.27. The predicted octanol–water partition coefficient (Wildman–Crippen LogP) is 5.70. The molecule has 180 valence electrons. The molecule has 2 aliphatic heterocycles. The molecule has 2 saturated heterocycles. The van der Waals surface area contributed by atoms with Gasteiger partial charge in [-0.1, -0.05) is 0 Å². The number of benzene rings is 1. The van der Waals surface area contributed by atoms with Crippen molar-refractivity contribution in [2.75, 3.05) is 68.8 Å². The Bertz CT molecular complexity index is 714. The second-order valence-corrected chi connectivity index (χ2v) is 10.6. The molecule has 0 bridgehead atoms. The molecule has 0 radical (unpaired) electrons. The van der Waals surface area contributed by atoms with Gasteiger partial charge < -0.3 is 14.5 Å². The molecule has 2 aliphatic carbocycles. The fraction of sp³-hybridized carbons (Fsp3) is 0.778. The zero-order valence-electron chi connectivity index (χ0n) is 20.2. The lowest BCUT2D eigenvalue weighted by Crippen LogP contribution is -2.47. The number of hydrogen-bond donors (Lipinski definition) is 0. The first kappa shape index (κ1) is 24.2. The van der Waals surface area contributed by atoms with Crippen molar-refractivity contribution >= 4 is 23.8 Å². The molecule has 2 saturated carbocycles. The number of ether oxygens (including phenoxy) is 1. The minimum Gasteiger partial charge on any atom is -0.380 e. The first-order chi connectivity index (χ1) is 15.3. The van der Waals surface area contributed by atoms with Crippen LogP contribution in [-0.2, 0) is 4.74 Å². The third-order valence-corrected chi connectivity index (χ3v) is 8.64. The van der Waals surface area contributed by atoms with Crippen LogP contribution >= 0.6 is 12.4 Å². The Balaban J connectivity index is 0.00000245. The molecule has 32 heavy (non-hydrogen) atoms. The molecule has 0 atom stereocenters. The SMILES string of the molecule is CCOCCN1CCN(c2ccc(N3CCCCC3)cc2C2CCC3(CC2)CC3)CC1.Cl. The smallest absolute Gasteiger partial charge is 0.0593 e. The van der Waals surface area contributed by atoms with Gasteiger partial charge in [0.1, 0.15) is 0 Å². The Morgan fingerprint density at radius 2 is 1.59 bits per heavy atom. The van der Waals surface area contributed by atoms with E-state index in [9.17, 15) is 0 Å². The Kier molecular flexibility index (Phi) is 8.28. The normalized spacial score (nSPS) is 23.9. The van der Waals surface area contributed by atoms with Crippen LogP contribution in [0.2, 0.25) is 0 Å². The molecule has 1 aromatic rings. The highest BCUT2D eigenvalue weighted by Crippen LogP contribution is 2.59. The highest BCUT2D eigenvalue weighted by Gasteiger charge is 2.45. The highest BCUT2D eigenvalue weighted by atomic mass is 35.5. The average Bonchev–Trinajstić information content (AvgIpc) is 3.59. The minimum absolute atomic E-state index is 0. The molecule has 1 spiro atoms. The summed E-state index contributed by atoms with van der Waals surface area (Å²) in [6.45, 7) is 12.0. The van der Waals surface area contributed by atoms with Gasteiger partial charge >= 0.3 is 0 Å². The number of piperidine rings is 1. The van der Waals surface area contributed by atoms with E-state index >= 15 is 0 Å². The maximum absolute atomic E-state index is 5.58. The van der Waals surface area contributed by atoms with E-state index in [0.29, 0.717) is 0 Å². The van der Waals surface area contributed by atoms with Crippen molar-refractivity contribution in [1.82, 2.24) is 4.90 Å². The molecular formula is C27H44ClN3O. The largest absolute Gasteiger partial charge is 0.380 e. The number of rotatable bonds is 7. The van der Waals surface area contributed by atoms with Gasteiger partial charge in [0.25, 0.3) is 0 Å². The number of piperazine rings is 1. The Hall–Kier alpha value is -0.970. The van der Waals surface area contributed by atoms with Crippen molar-refractivity contribution in [2.24, 2.45) is 5.41 Å². The van der Waals surface area contributed by atoms with Crippen LogP contribution in [0.15, 0.2) is 18.2 Å². The third-order valence-electron chi connectivity index (χ3n) is 8.64. The van der Waals surface area contributed by atoms with Gasteiger partial charge in [-0.25, -0.2) is 0 Å². The number of nitrogens with zero attached hydrogens (tertiary/aromatic N) is 3. The molecule has 4 nitrogen and oxygen atoms in total. The van der Waals surface area contributed by atoms with Crippen LogP contribution in [0.25, 0.3) is 0 Å². The van der Waals surface area contributed by atoms with Crippen molar-refractivity contribution in [1.29, 1.82) is 0 Å². The van der Waals surface area contributed by atoms with Gasteiger partial charge in [-0.2, -0.15) is 0 Å². The summed E-state index contributed by atoms with van der Waals surface area (Å²) in [6.07, 6.45) is 12.9. The second-order valence-electron chi connectivity index (χ2n) is 10.6. The molecule has 5 heteroatoms. The standard InChI is InChI=1S/C27H43N3O.ClH/c1-2-31-21-20-28-16-18-30(19-17-28)26-7-6-24(29-14-4-3-5-15-29)22-25(26)23-8-10-27(11-9-23)12-13-27;/h6-7,22-23H,2-5,8-21H2,1H3;1H. The van der Waals surface area contributed by atoms with Gasteiger partial charge in [0.2, 0.25) is 0 Å². The fourth-order valence-corrected chi connectivity index (χ4v) is 6.27. The summed E-state index contributed by atoms with van der Waals surface area (Å²) in [4.78, 5) is 7.91. The van der Waals surface area contributed by atoms with Crippen molar-refractivity contribution in [3.8, 4) is 0 Å². The summed E-state index contributed by atoms with van der Waals surface area (Å²) in [6, 6.07) is 7.52. The summed E-state index contributed by atoms with van der Waals surface area (Å²) < 4.78 is 5.58. The summed E-state index contributed by atoms with van der Waals surface area (Å²) in [7, 11) is 0. The number of hydrogen-bond acceptors (Lipinski definition) is 4. The third kappa shape index (κ3) is 5.56. The van der Waals surface area contributed by atoms with E-state index < -0.39 is 0 Å². The Labute approximate surface area is 202 Å². The van der Waals surface area contributed by atoms with Crippen molar-refractivity contribution < 1.29 is 4.74 Å². The molecule has 0 unspecified atom stereocenters. The van der Waals surface area contributed by atoms with Crippen molar-refractivity contribution in [2.45, 2.75) is 70.6 Å². The second kappa shape index (κ2) is 11.0. The number of halogens is 1. The average molecular weight is 462 g/mol. The van der Waals surface area contributed by atoms with Crippen LogP contribution in [0, 0.1) is 5.41 Å². The van der Waals surface area contributed by atoms with Crippen LogP contribution < -0.4 is 9.80 Å². The lowest BCUT2D eigenvalue weighted by atomic mass is 9.76. The van der Waals surface area contributed by atoms with E-state index in [4.69, 9.17) is 4.74 Å². The topological polar surface area (TPSA) is 19.0 Å². The maximum Gasteiger partial charge on any atom is 0.0593 e. The molecular weight excluding hydrogens is 418 g/mol. The molecule has 0 amide bonds. The van der Waals surface area contributed by atoms with Crippen LogP contribution in [0.5, 0.6) is 0 Å². The monoisotopic (exact) mass is 461 g/mol. The number of anilines is 2. The van der Waals surface area contributed by atoms with Gasteiger partial charge in [0, 0.05) is 63.8 Å². The first-order valence-corrected chi connectivity index (χ1v) is 13.2. The molecule has 0 aromatic heterocycles. The van der Waals surface area contributed by atoms with Gasteiger partial charge in [-0.15, -0.1) is 12.4 Å². The van der Waals surface area contributed by atoms with E-state index in [-0.39, 0.29) is 12.4 Å². The quantitative estimate of drug-likeness (QED) is 0.485. The molecule has 4 aliphatic rings. The van der Waals surface area contributed by atoms with Crippen LogP contribution in [0.1, 0.15) is 76.2 Å². The van der Waals surface area contributed by atoms with Gasteiger partial charge in [0.05, 0.1) is 6.61 Å². The van der Waals surface area contributed by atoms with Gasteiger partial charge in [-0.05, 0) is 99.8 Å². The zero-order valence-corrected chi connectivity index (χ0v) is 21.0. The summed E-state index contributed by atoms with van der Waals surface area (Å²) in [5.41, 5.74) is 5.47. The molecule has 1 aromatic carbocycles. The lowest BCUT2D eigenvalue weighted by Gasteiger charge is -2.39. The van der Waals surface area contributed by atoms with E-state index in [1.807, 2.05) is 0 Å². The Morgan fingerprint density at radius 3 is 2.25 bits per heavy atom. The summed E-state index contributed by atoms with van der Waals surface area (Å²) >= 11 is 0.